The van der Waals surface area contributed by atoms with Crippen LogP contribution in [0, 0.1) is 5.92 Å². The van der Waals surface area contributed by atoms with Gasteiger partial charge in [-0.3, -0.25) is 0 Å². The highest BCUT2D eigenvalue weighted by Gasteiger charge is 2.12. The zero-order valence-corrected chi connectivity index (χ0v) is 11.1. The molecule has 1 unspecified atom stereocenters. The molecule has 1 N–H and O–H groups in total. The van der Waals surface area contributed by atoms with E-state index in [1.807, 2.05) is 0 Å². The van der Waals surface area contributed by atoms with Gasteiger partial charge in [0.05, 0.1) is 0 Å². The first-order valence-electron chi connectivity index (χ1n) is 6.72. The monoisotopic (exact) mass is 232 g/mol. The maximum absolute atomic E-state index is 3.49. The van der Waals surface area contributed by atoms with Gasteiger partial charge in [0, 0.05) is 19.8 Å². The molecule has 0 aliphatic carbocycles. The van der Waals surface area contributed by atoms with Crippen molar-refractivity contribution >= 4 is 5.69 Å². The fraction of sp³-hybridized carbons (Fsp3) is 0.600. The summed E-state index contributed by atoms with van der Waals surface area (Å²) >= 11 is 0. The third kappa shape index (κ3) is 3.74. The zero-order valence-electron chi connectivity index (χ0n) is 11.1. The summed E-state index contributed by atoms with van der Waals surface area (Å²) in [4.78, 5) is 2.15. The average molecular weight is 232 g/mol. The Morgan fingerprint density at radius 2 is 2.00 bits per heavy atom. The molecule has 94 valence electrons. The molecule has 1 aliphatic heterocycles. The molecule has 0 amide bonds. The van der Waals surface area contributed by atoms with Crippen LogP contribution in [0.5, 0.6) is 0 Å². The summed E-state index contributed by atoms with van der Waals surface area (Å²) in [6, 6.07) is 8.97. The van der Waals surface area contributed by atoms with E-state index in [4.69, 9.17) is 0 Å². The number of nitrogens with one attached hydrogen (secondary N) is 1. The molecule has 1 atom stereocenters. The molecule has 1 aromatic rings. The maximum Gasteiger partial charge on any atom is 0.0361 e. The number of benzene rings is 1. The van der Waals surface area contributed by atoms with Gasteiger partial charge in [0.2, 0.25) is 0 Å². The van der Waals surface area contributed by atoms with E-state index in [0.717, 1.165) is 5.92 Å². The van der Waals surface area contributed by atoms with Crippen LogP contribution < -0.4 is 10.2 Å². The number of rotatable bonds is 4. The molecule has 0 saturated carbocycles. The molecule has 1 heterocycles. The Hall–Kier alpha value is -1.02. The molecule has 1 aromatic carbocycles. The van der Waals surface area contributed by atoms with Crippen LogP contribution in [0.1, 0.15) is 24.8 Å². The van der Waals surface area contributed by atoms with E-state index in [9.17, 15) is 0 Å². The zero-order chi connectivity index (χ0) is 12.1. The van der Waals surface area contributed by atoms with Gasteiger partial charge in [0.1, 0.15) is 0 Å². The highest BCUT2D eigenvalue weighted by molar-refractivity contribution is 5.45. The van der Waals surface area contributed by atoms with Gasteiger partial charge in [-0.15, -0.1) is 0 Å². The van der Waals surface area contributed by atoms with Crippen LogP contribution in [0.25, 0.3) is 0 Å². The van der Waals surface area contributed by atoms with Crippen LogP contribution in [0.3, 0.4) is 0 Å². The van der Waals surface area contributed by atoms with E-state index in [0.29, 0.717) is 0 Å². The minimum atomic E-state index is 0.886. The quantitative estimate of drug-likeness (QED) is 0.858. The van der Waals surface area contributed by atoms with E-state index in [2.05, 4.69) is 48.6 Å². The predicted molar refractivity (Wildman–Crippen MR) is 74.7 cm³/mol. The number of hydrogen-bond acceptors (Lipinski definition) is 2. The van der Waals surface area contributed by atoms with E-state index < -0.39 is 0 Å². The minimum absolute atomic E-state index is 0.886. The van der Waals surface area contributed by atoms with Crippen LogP contribution in [0.2, 0.25) is 0 Å². The lowest BCUT2D eigenvalue weighted by atomic mass is 9.93. The van der Waals surface area contributed by atoms with Gasteiger partial charge in [-0.25, -0.2) is 0 Å². The Kier molecular flexibility index (Phi) is 4.43. The van der Waals surface area contributed by atoms with E-state index in [-0.39, 0.29) is 0 Å². The largest absolute Gasteiger partial charge is 0.378 e. The van der Waals surface area contributed by atoms with Crippen LogP contribution in [-0.4, -0.2) is 27.2 Å². The lowest BCUT2D eigenvalue weighted by molar-refractivity contribution is 0.358. The van der Waals surface area contributed by atoms with Gasteiger partial charge in [-0.2, -0.15) is 0 Å². The summed E-state index contributed by atoms with van der Waals surface area (Å²) in [5, 5.41) is 3.49. The van der Waals surface area contributed by atoms with Crippen molar-refractivity contribution < 1.29 is 0 Å². The van der Waals surface area contributed by atoms with Crippen LogP contribution in [0.15, 0.2) is 24.3 Å². The van der Waals surface area contributed by atoms with Gasteiger partial charge in [-0.1, -0.05) is 12.1 Å². The van der Waals surface area contributed by atoms with E-state index in [1.165, 1.54) is 50.0 Å². The Morgan fingerprint density at radius 3 is 2.59 bits per heavy atom. The fourth-order valence-corrected chi connectivity index (χ4v) is 2.50. The van der Waals surface area contributed by atoms with Crippen molar-refractivity contribution in [3.63, 3.8) is 0 Å². The second-order valence-electron chi connectivity index (χ2n) is 5.31. The number of anilines is 1. The summed E-state index contributed by atoms with van der Waals surface area (Å²) in [7, 11) is 4.17. The predicted octanol–water partition coefficient (Wildman–Crippen LogP) is 2.68. The van der Waals surface area contributed by atoms with Crippen LogP contribution in [0.4, 0.5) is 5.69 Å². The summed E-state index contributed by atoms with van der Waals surface area (Å²) < 4.78 is 0. The normalized spacial score (nSPS) is 20.2. The van der Waals surface area contributed by atoms with Crippen molar-refractivity contribution in [2.75, 3.05) is 32.1 Å². The highest BCUT2D eigenvalue weighted by Crippen LogP contribution is 2.18. The highest BCUT2D eigenvalue weighted by atomic mass is 15.1. The molecular formula is C15H24N2. The van der Waals surface area contributed by atoms with Crippen molar-refractivity contribution in [3.05, 3.63) is 29.8 Å². The van der Waals surface area contributed by atoms with E-state index in [1.54, 1.807) is 0 Å². The van der Waals surface area contributed by atoms with Crippen molar-refractivity contribution in [1.82, 2.24) is 5.32 Å². The minimum Gasteiger partial charge on any atom is -0.378 e. The smallest absolute Gasteiger partial charge is 0.0361 e. The third-order valence-electron chi connectivity index (χ3n) is 3.69. The van der Waals surface area contributed by atoms with E-state index >= 15 is 0 Å². The van der Waals surface area contributed by atoms with Crippen molar-refractivity contribution in [3.8, 4) is 0 Å². The molecule has 0 bridgehead atoms. The number of aryl methyl sites for hydroxylation is 1. The molecular weight excluding hydrogens is 208 g/mol. The number of piperidine rings is 1. The molecule has 2 nitrogen and oxygen atoms in total. The van der Waals surface area contributed by atoms with Crippen molar-refractivity contribution in [2.24, 2.45) is 5.92 Å². The first-order chi connectivity index (χ1) is 8.25. The Morgan fingerprint density at radius 1 is 1.24 bits per heavy atom. The van der Waals surface area contributed by atoms with Gasteiger partial charge in [0.15, 0.2) is 0 Å². The second kappa shape index (κ2) is 6.06. The van der Waals surface area contributed by atoms with Gasteiger partial charge in [-0.05, 0) is 62.4 Å². The summed E-state index contributed by atoms with van der Waals surface area (Å²) in [5.74, 6) is 0.886. The van der Waals surface area contributed by atoms with Crippen LogP contribution >= 0.6 is 0 Å². The third-order valence-corrected chi connectivity index (χ3v) is 3.69. The topological polar surface area (TPSA) is 15.3 Å². The lowest BCUT2D eigenvalue weighted by Gasteiger charge is -2.22. The van der Waals surface area contributed by atoms with Crippen molar-refractivity contribution in [1.29, 1.82) is 0 Å². The Bertz CT molecular complexity index is 323. The molecule has 0 spiro atoms. The summed E-state index contributed by atoms with van der Waals surface area (Å²) in [6.07, 6.45) is 5.31. The average Bonchev–Trinajstić information content (AvgIpc) is 2.38. The fourth-order valence-electron chi connectivity index (χ4n) is 2.50. The molecule has 1 saturated heterocycles. The van der Waals surface area contributed by atoms with Gasteiger partial charge >= 0.3 is 0 Å². The molecule has 1 fully saturated rings. The van der Waals surface area contributed by atoms with Crippen molar-refractivity contribution in [2.45, 2.75) is 25.7 Å². The molecule has 1 aliphatic rings. The first kappa shape index (κ1) is 12.4. The van der Waals surface area contributed by atoms with Gasteiger partial charge in [0.25, 0.3) is 0 Å². The molecule has 2 heteroatoms. The SMILES string of the molecule is CN(C)c1ccc(CCC2CCCNC2)cc1. The lowest BCUT2D eigenvalue weighted by Crippen LogP contribution is -2.29. The molecule has 2 rings (SSSR count). The number of hydrogen-bond donors (Lipinski definition) is 1. The Balaban J connectivity index is 1.82. The van der Waals surface area contributed by atoms with Crippen LogP contribution in [-0.2, 0) is 6.42 Å². The maximum atomic E-state index is 3.49. The number of nitrogens with zero attached hydrogens (tertiary/aromatic N) is 1. The first-order valence-corrected chi connectivity index (χ1v) is 6.72. The molecule has 0 aromatic heterocycles. The second-order valence-corrected chi connectivity index (χ2v) is 5.31. The standard InChI is InChI=1S/C15H24N2/c1-17(2)15-9-7-13(8-10-15)5-6-14-4-3-11-16-12-14/h7-10,14,16H,3-6,11-12H2,1-2H3. The molecule has 17 heavy (non-hydrogen) atoms. The van der Waals surface area contributed by atoms with Gasteiger partial charge < -0.3 is 10.2 Å². The summed E-state index contributed by atoms with van der Waals surface area (Å²) in [6.45, 7) is 2.43. The Labute approximate surface area is 105 Å². The summed E-state index contributed by atoms with van der Waals surface area (Å²) in [5.41, 5.74) is 2.76. The molecule has 0 radical (unpaired) electrons.